The maximum atomic E-state index is 11.5. The summed E-state index contributed by atoms with van der Waals surface area (Å²) in [4.78, 5) is 12.8. The van der Waals surface area contributed by atoms with E-state index in [9.17, 15) is 10.2 Å². The normalized spacial score (nSPS) is 8.50. The van der Waals surface area contributed by atoms with Crippen molar-refractivity contribution in [1.82, 2.24) is 0 Å². The van der Waals surface area contributed by atoms with Crippen LogP contribution >= 0.6 is 0 Å². The van der Waals surface area contributed by atoms with Gasteiger partial charge >= 0.3 is 31.0 Å². The molecule has 0 bridgehead atoms. The molecule has 0 saturated heterocycles. The first-order valence-corrected chi connectivity index (χ1v) is 11.2. The third-order valence-corrected chi connectivity index (χ3v) is 2.18. The van der Waals surface area contributed by atoms with E-state index in [1.54, 1.807) is 24.7 Å². The Kier molecular flexibility index (Phi) is 12.4. The molecule has 1 N–H and O–H groups in total. The molecule has 0 radical (unpaired) electrons. The van der Waals surface area contributed by atoms with Crippen LogP contribution in [-0.4, -0.2) is 31.3 Å². The second kappa shape index (κ2) is 11.7. The van der Waals surface area contributed by atoms with Crippen molar-refractivity contribution in [2.75, 3.05) is 0 Å². The van der Waals surface area contributed by atoms with Crippen LogP contribution in [0.25, 0.3) is 0 Å². The summed E-state index contributed by atoms with van der Waals surface area (Å²) in [6.07, 6.45) is 1.62. The molecule has 0 saturated carbocycles. The van der Waals surface area contributed by atoms with E-state index in [2.05, 4.69) is 9.88 Å². The van der Waals surface area contributed by atoms with Crippen molar-refractivity contribution in [2.45, 2.75) is 30.0 Å². The summed E-state index contributed by atoms with van der Waals surface area (Å²) in [5.74, 6) is -0.260. The number of aliphatic hydroxyl groups is 1. The van der Waals surface area contributed by atoms with Crippen molar-refractivity contribution >= 4 is 21.1 Å². The number of rotatable bonds is 2. The van der Waals surface area contributed by atoms with Gasteiger partial charge in [-0.15, -0.1) is 6.61 Å². The minimum atomic E-state index is -1.75. The zero-order valence-electron chi connectivity index (χ0n) is 11.9. The van der Waals surface area contributed by atoms with Crippen LogP contribution in [-0.2, 0) is 20.3 Å². The van der Waals surface area contributed by atoms with Crippen molar-refractivity contribution in [1.29, 1.82) is 0 Å². The molecular formula is C11H18N2O6Sn. The van der Waals surface area contributed by atoms with Crippen LogP contribution in [0, 0.1) is 22.2 Å². The summed E-state index contributed by atoms with van der Waals surface area (Å²) in [5, 5.41) is 45.8. The molecule has 1 rings (SSSR count). The van der Waals surface area contributed by atoms with Gasteiger partial charge < -0.3 is 30.6 Å². The van der Waals surface area contributed by atoms with Crippen molar-refractivity contribution in [3.05, 3.63) is 38.3 Å². The molecule has 1 heterocycles. The van der Waals surface area contributed by atoms with E-state index in [1.165, 1.54) is 0 Å². The quantitative estimate of drug-likeness (QED) is 0.290. The molecule has 20 heavy (non-hydrogen) atoms. The van der Waals surface area contributed by atoms with Crippen molar-refractivity contribution < 1.29 is 25.0 Å². The van der Waals surface area contributed by atoms with Gasteiger partial charge in [-0.3, -0.25) is 0 Å². The number of nitrogens with zero attached hydrogens (tertiary/aromatic N) is 2. The summed E-state index contributed by atoms with van der Waals surface area (Å²) in [6.45, 7) is 0.819. The van der Waals surface area contributed by atoms with Crippen molar-refractivity contribution in [2.24, 2.45) is 7.05 Å². The van der Waals surface area contributed by atoms with Crippen LogP contribution < -0.4 is 14.8 Å². The third-order valence-electron chi connectivity index (χ3n) is 2.18. The molecule has 0 fully saturated rings. The summed E-state index contributed by atoms with van der Waals surface area (Å²) in [6, 6.07) is 0. The number of pyridine rings is 1. The van der Waals surface area contributed by atoms with E-state index in [-0.39, 0.29) is 39.1 Å². The molecule has 0 aliphatic rings. The van der Waals surface area contributed by atoms with Gasteiger partial charge in [0.05, 0.1) is 11.7 Å². The van der Waals surface area contributed by atoms with Crippen molar-refractivity contribution in [3.8, 4) is 5.75 Å². The van der Waals surface area contributed by atoms with Crippen LogP contribution in [0.4, 0.5) is 0 Å². The molecule has 0 atom stereocenters. The Labute approximate surface area is 127 Å². The molecule has 112 valence electrons. The molecule has 8 nitrogen and oxygen atoms in total. The molecule has 1 aromatic heterocycles. The Morgan fingerprint density at radius 3 is 2.10 bits per heavy atom. The summed E-state index contributed by atoms with van der Waals surface area (Å²) in [7, 11) is 1.71. The zero-order valence-corrected chi connectivity index (χ0v) is 14.7. The number of hydrogen-bond donors (Lipinski definition) is 1. The van der Waals surface area contributed by atoms with Gasteiger partial charge in [0.15, 0.2) is 11.9 Å². The Balaban J connectivity index is 0. The standard InChI is InChI=1S/C9H13NO3.2CH3.NO3.Sn/c1-6-9(13)8(5-12)7(4-11)3-10(6)2;;;2-1(3)4;/h3,11,13H,4-5H2,1-2H3;2*1H3;;/q;;;-1;+2/p-1. The molecule has 9 heteroatoms. The Morgan fingerprint density at radius 2 is 1.80 bits per heavy atom. The molecular weight excluding hydrogens is 375 g/mol. The fourth-order valence-electron chi connectivity index (χ4n) is 1.23. The minimum absolute atomic E-state index is 0.179. The monoisotopic (exact) mass is 394 g/mol. The first kappa shape index (κ1) is 21.2. The maximum absolute atomic E-state index is 11.5. The average molecular weight is 393 g/mol. The van der Waals surface area contributed by atoms with E-state index < -0.39 is 11.7 Å². The molecule has 0 aliphatic carbocycles. The van der Waals surface area contributed by atoms with Crippen LogP contribution in [0.3, 0.4) is 0 Å². The summed E-state index contributed by atoms with van der Waals surface area (Å²) >= 11 is 0.230. The first-order chi connectivity index (χ1) is 9.26. The van der Waals surface area contributed by atoms with E-state index in [1.807, 2.05) is 0 Å². The van der Waals surface area contributed by atoms with Gasteiger partial charge in [0, 0.05) is 12.5 Å². The Morgan fingerprint density at radius 1 is 1.40 bits per heavy atom. The molecule has 0 spiro atoms. The van der Waals surface area contributed by atoms with Gasteiger partial charge in [-0.05, 0) is 5.75 Å². The van der Waals surface area contributed by atoms with Gasteiger partial charge in [0.25, 0.3) is 0 Å². The van der Waals surface area contributed by atoms with Gasteiger partial charge in [0.1, 0.15) is 7.05 Å². The van der Waals surface area contributed by atoms with Crippen LogP contribution in [0.5, 0.6) is 5.75 Å². The topological polar surface area (TPSA) is 136 Å². The summed E-state index contributed by atoms with van der Waals surface area (Å²) < 4.78 is 1.62. The van der Waals surface area contributed by atoms with Gasteiger partial charge in [-0.2, -0.15) is 0 Å². The molecule has 0 aromatic carbocycles. The third kappa shape index (κ3) is 8.12. The van der Waals surface area contributed by atoms with Crippen LogP contribution in [0.15, 0.2) is 6.20 Å². The second-order valence-corrected chi connectivity index (χ2v) is 6.54. The Bertz CT molecular complexity index is 424. The zero-order chi connectivity index (χ0) is 16.3. The first-order valence-electron chi connectivity index (χ1n) is 5.53. The molecule has 0 aliphatic heterocycles. The number of aryl methyl sites for hydroxylation is 1. The molecule has 0 unspecified atom stereocenters. The van der Waals surface area contributed by atoms with Gasteiger partial charge in [-0.1, -0.05) is 5.56 Å². The Hall–Kier alpha value is -1.13. The fourth-order valence-corrected chi connectivity index (χ4v) is 1.23. The molecule has 1 aromatic rings. The van der Waals surface area contributed by atoms with Gasteiger partial charge in [-0.25, -0.2) is 4.57 Å². The van der Waals surface area contributed by atoms with Crippen LogP contribution in [0.1, 0.15) is 16.8 Å². The van der Waals surface area contributed by atoms with Crippen molar-refractivity contribution in [3.63, 3.8) is 0 Å². The predicted molar refractivity (Wildman–Crippen MR) is 69.3 cm³/mol. The van der Waals surface area contributed by atoms with Gasteiger partial charge in [0.2, 0.25) is 0 Å². The average Bonchev–Trinajstić information content (AvgIpc) is 2.36. The number of hydrogen-bond acceptors (Lipinski definition) is 6. The fraction of sp³-hybridized carbons (Fsp3) is 0.545. The predicted octanol–water partition coefficient (Wildman–Crippen LogP) is -1.21. The van der Waals surface area contributed by atoms with E-state index in [4.69, 9.17) is 20.4 Å². The second-order valence-electron chi connectivity index (χ2n) is 3.68. The van der Waals surface area contributed by atoms with E-state index >= 15 is 0 Å². The molecule has 0 amide bonds. The van der Waals surface area contributed by atoms with E-state index in [0.29, 0.717) is 11.3 Å². The summed E-state index contributed by atoms with van der Waals surface area (Å²) in [5.41, 5.74) is 1.12. The number of aromatic nitrogens is 1. The SMILES string of the molecule is Cc1c([O-])c(C[O-])c(CO)c[n+]1C.O=[N+]([O-])[O-].[CH3][Sn+2][CH3]. The number of aliphatic hydroxyl groups excluding tert-OH is 1. The van der Waals surface area contributed by atoms with E-state index in [0.717, 1.165) is 0 Å². The van der Waals surface area contributed by atoms with Crippen LogP contribution in [0.2, 0.25) is 9.88 Å².